The largest absolute Gasteiger partial charge is 0.354 e. The van der Waals surface area contributed by atoms with Crippen molar-refractivity contribution in [2.75, 3.05) is 12.9 Å². The van der Waals surface area contributed by atoms with Crippen LogP contribution in [-0.2, 0) is 20.7 Å². The van der Waals surface area contributed by atoms with Gasteiger partial charge in [-0.3, -0.25) is 4.18 Å². The molecule has 0 radical (unpaired) electrons. The van der Waals surface area contributed by atoms with Crippen molar-refractivity contribution in [3.63, 3.8) is 0 Å². The molecule has 2 aromatic carbocycles. The Morgan fingerprint density at radius 3 is 2.41 bits per heavy atom. The van der Waals surface area contributed by atoms with Crippen LogP contribution in [0.25, 0.3) is 22.2 Å². The van der Waals surface area contributed by atoms with Crippen molar-refractivity contribution < 1.29 is 12.6 Å². The Morgan fingerprint density at radius 1 is 1.00 bits per heavy atom. The molecule has 0 aliphatic heterocycles. The summed E-state index contributed by atoms with van der Waals surface area (Å²) >= 11 is 0. The van der Waals surface area contributed by atoms with Gasteiger partial charge in [-0.15, -0.1) is 0 Å². The van der Waals surface area contributed by atoms with Crippen LogP contribution < -0.4 is 0 Å². The lowest BCUT2D eigenvalue weighted by Gasteiger charge is -2.05. The number of benzene rings is 2. The molecule has 0 amide bonds. The van der Waals surface area contributed by atoms with Gasteiger partial charge in [0.05, 0.1) is 12.9 Å². The van der Waals surface area contributed by atoms with E-state index in [2.05, 4.69) is 4.98 Å². The third-order valence-electron chi connectivity index (χ3n) is 3.53. The van der Waals surface area contributed by atoms with E-state index in [0.717, 1.165) is 34.0 Å². The Balaban J connectivity index is 2.02. The molecule has 5 heteroatoms. The van der Waals surface area contributed by atoms with Crippen LogP contribution in [-0.4, -0.2) is 26.3 Å². The molecule has 0 aliphatic rings. The van der Waals surface area contributed by atoms with Gasteiger partial charge in [0, 0.05) is 16.6 Å². The van der Waals surface area contributed by atoms with Gasteiger partial charge in [-0.25, -0.2) is 0 Å². The molecule has 1 aromatic heterocycles. The second-order valence-corrected chi connectivity index (χ2v) is 6.81. The van der Waals surface area contributed by atoms with Gasteiger partial charge in [-0.05, 0) is 23.6 Å². The van der Waals surface area contributed by atoms with Crippen molar-refractivity contribution in [3.05, 3.63) is 60.2 Å². The van der Waals surface area contributed by atoms with Crippen LogP contribution in [0.2, 0.25) is 0 Å². The zero-order chi connectivity index (χ0) is 15.6. The summed E-state index contributed by atoms with van der Waals surface area (Å²) < 4.78 is 27.2. The van der Waals surface area contributed by atoms with Crippen molar-refractivity contribution in [3.8, 4) is 11.3 Å². The molecule has 0 fully saturated rings. The standard InChI is InChI=1S/C17H17NO3S/c1-22(19,20)21-12-11-15-14-9-5-6-10-16(14)18-17(15)13-7-3-2-4-8-13/h2-10,18H,11-12H2,1H3. The van der Waals surface area contributed by atoms with E-state index in [4.69, 9.17) is 4.18 Å². The van der Waals surface area contributed by atoms with Gasteiger partial charge in [0.1, 0.15) is 0 Å². The number of para-hydroxylation sites is 1. The van der Waals surface area contributed by atoms with Crippen LogP contribution in [0.5, 0.6) is 0 Å². The smallest absolute Gasteiger partial charge is 0.264 e. The summed E-state index contributed by atoms with van der Waals surface area (Å²) in [7, 11) is -3.42. The van der Waals surface area contributed by atoms with Crippen LogP contribution >= 0.6 is 0 Å². The highest BCUT2D eigenvalue weighted by Crippen LogP contribution is 2.30. The van der Waals surface area contributed by atoms with Gasteiger partial charge in [0.15, 0.2) is 0 Å². The quantitative estimate of drug-likeness (QED) is 0.735. The molecule has 0 unspecified atom stereocenters. The first-order chi connectivity index (χ1) is 10.5. The van der Waals surface area contributed by atoms with Gasteiger partial charge < -0.3 is 4.98 Å². The molecular formula is C17H17NO3S. The Morgan fingerprint density at radius 2 is 1.68 bits per heavy atom. The minimum Gasteiger partial charge on any atom is -0.354 e. The lowest BCUT2D eigenvalue weighted by molar-refractivity contribution is 0.326. The first-order valence-electron chi connectivity index (χ1n) is 7.04. The SMILES string of the molecule is CS(=O)(=O)OCCc1c(-c2ccccc2)[nH]c2ccccc12. The summed E-state index contributed by atoms with van der Waals surface area (Å²) in [6.45, 7) is 0.139. The monoisotopic (exact) mass is 315 g/mol. The molecule has 3 aromatic rings. The van der Waals surface area contributed by atoms with Gasteiger partial charge in [-0.2, -0.15) is 8.42 Å². The molecule has 0 bridgehead atoms. The van der Waals surface area contributed by atoms with Gasteiger partial charge in [0.25, 0.3) is 10.1 Å². The van der Waals surface area contributed by atoms with E-state index in [-0.39, 0.29) is 6.61 Å². The van der Waals surface area contributed by atoms with Crippen LogP contribution in [0, 0.1) is 0 Å². The maximum atomic E-state index is 11.1. The highest BCUT2D eigenvalue weighted by atomic mass is 32.2. The third kappa shape index (κ3) is 3.21. The fraction of sp³-hybridized carbons (Fsp3) is 0.176. The van der Waals surface area contributed by atoms with E-state index in [1.165, 1.54) is 0 Å². The topological polar surface area (TPSA) is 59.2 Å². The van der Waals surface area contributed by atoms with Crippen LogP contribution in [0.1, 0.15) is 5.56 Å². The van der Waals surface area contributed by atoms with E-state index in [0.29, 0.717) is 6.42 Å². The van der Waals surface area contributed by atoms with Crippen LogP contribution in [0.15, 0.2) is 54.6 Å². The van der Waals surface area contributed by atoms with Gasteiger partial charge in [-0.1, -0.05) is 48.5 Å². The molecule has 1 N–H and O–H groups in total. The van der Waals surface area contributed by atoms with Crippen molar-refractivity contribution in [2.45, 2.75) is 6.42 Å². The molecule has 0 saturated heterocycles. The van der Waals surface area contributed by atoms with Crippen molar-refractivity contribution in [1.82, 2.24) is 4.98 Å². The lowest BCUT2D eigenvalue weighted by Crippen LogP contribution is -2.06. The number of fused-ring (bicyclic) bond motifs is 1. The number of hydrogen-bond donors (Lipinski definition) is 1. The van der Waals surface area contributed by atoms with Crippen LogP contribution in [0.3, 0.4) is 0 Å². The van der Waals surface area contributed by atoms with Crippen molar-refractivity contribution in [1.29, 1.82) is 0 Å². The second kappa shape index (κ2) is 5.94. The number of aromatic amines is 1. The number of H-pyrrole nitrogens is 1. The highest BCUT2D eigenvalue weighted by Gasteiger charge is 2.13. The predicted octanol–water partition coefficient (Wildman–Crippen LogP) is 3.35. The minimum atomic E-state index is -3.42. The normalized spacial score (nSPS) is 11.9. The van der Waals surface area contributed by atoms with Gasteiger partial charge in [0.2, 0.25) is 0 Å². The summed E-state index contributed by atoms with van der Waals surface area (Å²) in [6.07, 6.45) is 1.60. The Bertz CT molecular complexity index is 883. The molecule has 0 aliphatic carbocycles. The first-order valence-corrected chi connectivity index (χ1v) is 8.86. The number of rotatable bonds is 5. The first kappa shape index (κ1) is 14.8. The minimum absolute atomic E-state index is 0.139. The molecule has 0 saturated carbocycles. The Kier molecular flexibility index (Phi) is 4.00. The summed E-state index contributed by atoms with van der Waals surface area (Å²) in [5, 5.41) is 1.10. The van der Waals surface area contributed by atoms with E-state index in [1.807, 2.05) is 54.6 Å². The molecular weight excluding hydrogens is 298 g/mol. The summed E-state index contributed by atoms with van der Waals surface area (Å²) in [6, 6.07) is 18.0. The predicted molar refractivity (Wildman–Crippen MR) is 88.2 cm³/mol. The third-order valence-corrected chi connectivity index (χ3v) is 4.12. The van der Waals surface area contributed by atoms with Crippen molar-refractivity contribution >= 4 is 21.0 Å². The average molecular weight is 315 g/mol. The summed E-state index contributed by atoms with van der Waals surface area (Å²) in [5.41, 5.74) is 4.20. The number of nitrogens with one attached hydrogen (secondary N) is 1. The second-order valence-electron chi connectivity index (χ2n) is 5.17. The molecule has 3 rings (SSSR count). The van der Waals surface area contributed by atoms with Gasteiger partial charge >= 0.3 is 0 Å². The average Bonchev–Trinajstić information content (AvgIpc) is 2.86. The molecule has 1 heterocycles. The lowest BCUT2D eigenvalue weighted by atomic mass is 10.0. The number of aromatic nitrogens is 1. The zero-order valence-electron chi connectivity index (χ0n) is 12.2. The highest BCUT2D eigenvalue weighted by molar-refractivity contribution is 7.85. The molecule has 4 nitrogen and oxygen atoms in total. The molecule has 0 atom stereocenters. The summed E-state index contributed by atoms with van der Waals surface area (Å²) in [4.78, 5) is 3.42. The molecule has 114 valence electrons. The van der Waals surface area contributed by atoms with Crippen LogP contribution in [0.4, 0.5) is 0 Å². The number of hydrogen-bond acceptors (Lipinski definition) is 3. The van der Waals surface area contributed by atoms with E-state index in [1.54, 1.807) is 0 Å². The maximum Gasteiger partial charge on any atom is 0.264 e. The maximum absolute atomic E-state index is 11.1. The zero-order valence-corrected chi connectivity index (χ0v) is 13.1. The van der Waals surface area contributed by atoms with E-state index in [9.17, 15) is 8.42 Å². The Labute approximate surface area is 129 Å². The van der Waals surface area contributed by atoms with E-state index < -0.39 is 10.1 Å². The van der Waals surface area contributed by atoms with Crippen molar-refractivity contribution in [2.24, 2.45) is 0 Å². The molecule has 22 heavy (non-hydrogen) atoms. The molecule has 0 spiro atoms. The van der Waals surface area contributed by atoms with E-state index >= 15 is 0 Å². The fourth-order valence-electron chi connectivity index (χ4n) is 2.61. The Hall–Kier alpha value is -2.11. The summed E-state index contributed by atoms with van der Waals surface area (Å²) in [5.74, 6) is 0. The fourth-order valence-corrected chi connectivity index (χ4v) is 2.99.